The van der Waals surface area contributed by atoms with Crippen LogP contribution in [0.4, 0.5) is 0 Å². The van der Waals surface area contributed by atoms with Gasteiger partial charge in [-0.1, -0.05) is 70.9 Å². The van der Waals surface area contributed by atoms with Crippen molar-refractivity contribution in [3.05, 3.63) is 0 Å². The van der Waals surface area contributed by atoms with Gasteiger partial charge in [0.15, 0.2) is 9.84 Å². The summed E-state index contributed by atoms with van der Waals surface area (Å²) in [6.45, 7) is 2.23. The van der Waals surface area contributed by atoms with Crippen LogP contribution in [0.2, 0.25) is 0 Å². The quantitative estimate of drug-likeness (QED) is 0.407. The molecule has 2 nitrogen and oxygen atoms in total. The second-order valence-corrected chi connectivity index (χ2v) is 9.24. The molecule has 0 amide bonds. The number of sulfone groups is 1. The van der Waals surface area contributed by atoms with Crippen molar-refractivity contribution in [2.45, 2.75) is 51.9 Å². The average molecular weight is 418 g/mol. The van der Waals surface area contributed by atoms with Gasteiger partial charge in [-0.2, -0.15) is 0 Å². The van der Waals surface area contributed by atoms with E-state index in [1.54, 1.807) is 0 Å². The van der Waals surface area contributed by atoms with Crippen LogP contribution < -0.4 is 0 Å². The van der Waals surface area contributed by atoms with Crippen molar-refractivity contribution in [1.82, 2.24) is 0 Å². The minimum Gasteiger partial charge on any atom is -0.229 e. The molecular weight excluding hydrogens is 392 g/mol. The van der Waals surface area contributed by atoms with Crippen molar-refractivity contribution >= 4 is 41.7 Å². The van der Waals surface area contributed by atoms with Crippen LogP contribution in [0.3, 0.4) is 0 Å². The lowest BCUT2D eigenvalue weighted by Gasteiger charge is -2.36. The zero-order valence-electron chi connectivity index (χ0n) is 11.8. The van der Waals surface area contributed by atoms with Crippen LogP contribution in [0, 0.1) is 11.3 Å². The number of rotatable bonds is 9. The van der Waals surface area contributed by atoms with Crippen molar-refractivity contribution in [2.24, 2.45) is 11.3 Å². The minimum absolute atomic E-state index is 0.121. The van der Waals surface area contributed by atoms with Crippen LogP contribution in [0.1, 0.15) is 51.9 Å². The molecule has 1 rings (SSSR count). The number of alkyl halides is 2. The third-order valence-corrected chi connectivity index (χ3v) is 8.41. The molecule has 0 aromatic carbocycles. The standard InChI is InChI=1S/C14H26Br2O2S/c1-2-3-4-5-6-8-14(11-15,12-16)13-7-9-19(17,18)10-13/h13H,2-12H2,1H3. The summed E-state index contributed by atoms with van der Waals surface area (Å²) in [6, 6.07) is 0. The van der Waals surface area contributed by atoms with Crippen LogP contribution in [0.15, 0.2) is 0 Å². The molecular formula is C14H26Br2O2S. The zero-order chi connectivity index (χ0) is 14.4. The van der Waals surface area contributed by atoms with Crippen molar-refractivity contribution in [2.75, 3.05) is 22.2 Å². The molecule has 0 spiro atoms. The van der Waals surface area contributed by atoms with E-state index >= 15 is 0 Å². The molecule has 0 radical (unpaired) electrons. The first-order chi connectivity index (χ1) is 8.99. The molecule has 19 heavy (non-hydrogen) atoms. The van der Waals surface area contributed by atoms with Gasteiger partial charge in [0, 0.05) is 10.7 Å². The van der Waals surface area contributed by atoms with Gasteiger partial charge in [0.25, 0.3) is 0 Å². The van der Waals surface area contributed by atoms with Gasteiger partial charge in [-0.3, -0.25) is 0 Å². The van der Waals surface area contributed by atoms with Gasteiger partial charge in [-0.25, -0.2) is 8.42 Å². The number of halogens is 2. The Kier molecular flexibility index (Phi) is 7.92. The monoisotopic (exact) mass is 416 g/mol. The summed E-state index contributed by atoms with van der Waals surface area (Å²) < 4.78 is 23.4. The van der Waals surface area contributed by atoms with Crippen molar-refractivity contribution < 1.29 is 8.42 Å². The molecule has 114 valence electrons. The lowest BCUT2D eigenvalue weighted by molar-refractivity contribution is 0.226. The fraction of sp³-hybridized carbons (Fsp3) is 1.00. The van der Waals surface area contributed by atoms with Crippen LogP contribution in [-0.4, -0.2) is 30.6 Å². The largest absolute Gasteiger partial charge is 0.229 e. The van der Waals surface area contributed by atoms with E-state index in [-0.39, 0.29) is 5.41 Å². The molecule has 1 atom stereocenters. The summed E-state index contributed by atoms with van der Waals surface area (Å²) in [5, 5.41) is 1.80. The first kappa shape index (κ1) is 18.0. The first-order valence-corrected chi connectivity index (χ1v) is 11.4. The molecule has 1 aliphatic heterocycles. The number of hydrogen-bond acceptors (Lipinski definition) is 2. The third-order valence-electron chi connectivity index (χ3n) is 4.41. The van der Waals surface area contributed by atoms with Crippen LogP contribution >= 0.6 is 31.9 Å². The van der Waals surface area contributed by atoms with Gasteiger partial charge in [0.1, 0.15) is 0 Å². The second-order valence-electron chi connectivity index (χ2n) is 5.89. The topological polar surface area (TPSA) is 34.1 Å². The highest BCUT2D eigenvalue weighted by atomic mass is 79.9. The average Bonchev–Trinajstić information content (AvgIpc) is 2.75. The Hall–Kier alpha value is 0.910. The Morgan fingerprint density at radius 1 is 1.11 bits per heavy atom. The molecule has 1 aliphatic rings. The Balaban J connectivity index is 2.54. The molecule has 5 heteroatoms. The highest BCUT2D eigenvalue weighted by molar-refractivity contribution is 9.09. The summed E-state index contributed by atoms with van der Waals surface area (Å²) >= 11 is 7.28. The smallest absolute Gasteiger partial charge is 0.150 e. The molecule has 0 aliphatic carbocycles. The fourth-order valence-corrected chi connectivity index (χ4v) is 7.30. The summed E-state index contributed by atoms with van der Waals surface area (Å²) in [6.07, 6.45) is 8.35. The Morgan fingerprint density at radius 2 is 1.74 bits per heavy atom. The highest BCUT2D eigenvalue weighted by Crippen LogP contribution is 2.43. The third kappa shape index (κ3) is 5.31. The van der Waals surface area contributed by atoms with Gasteiger partial charge in [-0.15, -0.1) is 0 Å². The highest BCUT2D eigenvalue weighted by Gasteiger charge is 2.42. The van der Waals surface area contributed by atoms with E-state index in [9.17, 15) is 8.42 Å². The van der Waals surface area contributed by atoms with E-state index in [0.717, 1.165) is 23.5 Å². The van der Waals surface area contributed by atoms with E-state index < -0.39 is 9.84 Å². The first-order valence-electron chi connectivity index (χ1n) is 7.32. The molecule has 0 N–H and O–H groups in total. The van der Waals surface area contributed by atoms with Crippen LogP contribution in [0.25, 0.3) is 0 Å². The summed E-state index contributed by atoms with van der Waals surface area (Å²) in [4.78, 5) is 0. The van der Waals surface area contributed by atoms with Crippen LogP contribution in [0.5, 0.6) is 0 Å². The maximum atomic E-state index is 11.7. The van der Waals surface area contributed by atoms with Gasteiger partial charge in [0.05, 0.1) is 11.5 Å². The van der Waals surface area contributed by atoms with Crippen molar-refractivity contribution in [3.63, 3.8) is 0 Å². The molecule has 0 aromatic rings. The van der Waals surface area contributed by atoms with Crippen LogP contribution in [-0.2, 0) is 9.84 Å². The predicted molar refractivity (Wildman–Crippen MR) is 90.2 cm³/mol. The van der Waals surface area contributed by atoms with Gasteiger partial charge < -0.3 is 0 Å². The van der Waals surface area contributed by atoms with Gasteiger partial charge >= 0.3 is 0 Å². The van der Waals surface area contributed by atoms with E-state index in [0.29, 0.717) is 17.4 Å². The molecule has 1 saturated heterocycles. The Bertz CT molecular complexity index is 350. The Morgan fingerprint density at radius 3 is 2.21 bits per heavy atom. The lowest BCUT2D eigenvalue weighted by atomic mass is 9.74. The molecule has 0 aromatic heterocycles. The van der Waals surface area contributed by atoms with Gasteiger partial charge in [-0.05, 0) is 24.2 Å². The molecule has 0 saturated carbocycles. The lowest BCUT2D eigenvalue weighted by Crippen LogP contribution is -2.35. The zero-order valence-corrected chi connectivity index (χ0v) is 15.8. The molecule has 0 bridgehead atoms. The van der Waals surface area contributed by atoms with E-state index in [1.165, 1.54) is 32.1 Å². The van der Waals surface area contributed by atoms with Gasteiger partial charge in [0.2, 0.25) is 0 Å². The fourth-order valence-electron chi connectivity index (χ4n) is 2.95. The minimum atomic E-state index is -2.78. The van der Waals surface area contributed by atoms with Crippen molar-refractivity contribution in [1.29, 1.82) is 0 Å². The molecule has 1 heterocycles. The summed E-state index contributed by atoms with van der Waals surface area (Å²) in [5.74, 6) is 1.09. The number of hydrogen-bond donors (Lipinski definition) is 0. The molecule has 1 unspecified atom stereocenters. The maximum absolute atomic E-state index is 11.7. The maximum Gasteiger partial charge on any atom is 0.150 e. The Labute approximate surface area is 135 Å². The van der Waals surface area contributed by atoms with E-state index in [1.807, 2.05) is 0 Å². The normalized spacial score (nSPS) is 22.8. The van der Waals surface area contributed by atoms with E-state index in [4.69, 9.17) is 0 Å². The number of unbranched alkanes of at least 4 members (excludes halogenated alkanes) is 4. The summed E-state index contributed by atoms with van der Waals surface area (Å²) in [7, 11) is -2.78. The predicted octanol–water partition coefficient (Wildman–Crippen LogP) is 4.56. The molecule has 1 fully saturated rings. The van der Waals surface area contributed by atoms with E-state index in [2.05, 4.69) is 38.8 Å². The second kappa shape index (κ2) is 8.38. The SMILES string of the molecule is CCCCCCCC(CBr)(CBr)C1CCS(=O)(=O)C1. The summed E-state index contributed by atoms with van der Waals surface area (Å²) in [5.41, 5.74) is 0.121. The van der Waals surface area contributed by atoms with Crippen molar-refractivity contribution in [3.8, 4) is 0 Å².